The zero-order valence-electron chi connectivity index (χ0n) is 35.0. The summed E-state index contributed by atoms with van der Waals surface area (Å²) < 4.78 is 36.6. The molecule has 3 aliphatic rings. The number of carbonyl (C=O) groups is 3. The molecule has 1 saturated heterocycles. The average molecular weight is 976 g/mol. The van der Waals surface area contributed by atoms with E-state index in [9.17, 15) is 28.8 Å². The van der Waals surface area contributed by atoms with E-state index in [-0.39, 0.29) is 32.9 Å². The van der Waals surface area contributed by atoms with Crippen LogP contribution in [-0.4, -0.2) is 106 Å². The molecule has 64 heavy (non-hydrogen) atoms. The van der Waals surface area contributed by atoms with Crippen molar-refractivity contribution in [2.75, 3.05) is 6.54 Å². The number of aromatic hydroxyl groups is 1. The summed E-state index contributed by atoms with van der Waals surface area (Å²) >= 11 is 11.1. The van der Waals surface area contributed by atoms with E-state index >= 15 is 0 Å². The number of ether oxygens (including phenoxy) is 2. The number of aromatic nitrogens is 11. The largest absolute Gasteiger partial charge is 0.508 e. The number of carbonyl (C=O) groups excluding carboxylic acids is 3. The molecule has 0 radical (unpaired) electrons. The molecular weight excluding hydrogens is 935 g/mol. The monoisotopic (exact) mass is 975 g/mol. The van der Waals surface area contributed by atoms with Gasteiger partial charge >= 0.3 is 33.5 Å². The van der Waals surface area contributed by atoms with E-state index in [1.54, 1.807) is 48.5 Å². The van der Waals surface area contributed by atoms with E-state index in [0.29, 0.717) is 46.3 Å². The SMILES string of the molecule is CC1=NN=NC1.CC1OC(=O)C=C1O.CC1OC(=O)NC1=O.Cc1n[nH]c(=S)o1.Cc1nc(=S)o[nH]1.Cc1ncc(O)o1.Cc1noc(=O)[nH]1.Cc1ns[nH]c1=O.Cc1nsc(=O)[nH]1. The Kier molecular flexibility index (Phi) is 24.8. The van der Waals surface area contributed by atoms with Crippen molar-refractivity contribution in [1.29, 1.82) is 0 Å². The first kappa shape index (κ1) is 54.6. The van der Waals surface area contributed by atoms with Crippen molar-refractivity contribution in [3.05, 3.63) is 93.2 Å². The number of aromatic amines is 5. The van der Waals surface area contributed by atoms with Crippen LogP contribution in [0.2, 0.25) is 0 Å². The molecule has 0 spiro atoms. The molecule has 6 aromatic rings. The Morgan fingerprint density at radius 2 is 1.55 bits per heavy atom. The lowest BCUT2D eigenvalue weighted by Crippen LogP contribution is -2.22. The molecule has 348 valence electrons. The van der Waals surface area contributed by atoms with Crippen molar-refractivity contribution in [2.45, 2.75) is 74.5 Å². The summed E-state index contributed by atoms with van der Waals surface area (Å²) in [6.07, 6.45) is 0.632. The normalized spacial score (nSPS) is 14.7. The minimum atomic E-state index is -0.650. The number of nitrogens with one attached hydrogen (secondary N) is 6. The second-order valence-corrected chi connectivity index (χ2v) is 13.5. The molecular formula is C31H41N15O14S4. The molecule has 1 fully saturated rings. The van der Waals surface area contributed by atoms with Crippen LogP contribution in [0.5, 0.6) is 5.95 Å². The van der Waals surface area contributed by atoms with Crippen molar-refractivity contribution < 1.29 is 52.0 Å². The van der Waals surface area contributed by atoms with E-state index in [2.05, 4.69) is 116 Å². The number of rotatable bonds is 0. The molecule has 0 bridgehead atoms. The number of aliphatic hydroxyl groups is 1. The number of cyclic esters (lactones) is 2. The van der Waals surface area contributed by atoms with Crippen molar-refractivity contribution in [1.82, 2.24) is 58.9 Å². The molecule has 9 heterocycles. The standard InChI is InChI=1S/C5H6O3.C4H5NO3.C4H5NO2.C3H5N3.C3H4N2O2.4C3H4N2OS/c1-3-4(6)2-5(7)8-3;1-2-3(6)5-4(7)8-2;1-3-5-2-4(6)7-3;1-3-2-4-6-5-3;1-2-4-3(6)7-5-2;1-2-4-5-3(7)6-2;1-2-4-3(6)7-5-2;1-2-4-3(7)6-5-2;1-2-3(6)5-7-4-2/h2-3,6H,1H3;2H,1H3,(H,5,6,7);2,6H,1H3;2H2,1H3;1H3,(H,4,5,6);1H3,(H,5,7);1H3,(H,4,5,6);1H3,(H,4,5,7);1H3,(H,5,6). The van der Waals surface area contributed by atoms with Crippen LogP contribution in [0.25, 0.3) is 0 Å². The third kappa shape index (κ3) is 25.4. The van der Waals surface area contributed by atoms with Gasteiger partial charge in [0.05, 0.1) is 11.8 Å². The summed E-state index contributed by atoms with van der Waals surface area (Å²) in [7, 11) is 0. The summed E-state index contributed by atoms with van der Waals surface area (Å²) in [5.41, 5.74) is 1.46. The molecule has 2 unspecified atom stereocenters. The van der Waals surface area contributed by atoms with Crippen LogP contribution in [-0.2, 0) is 19.1 Å². The van der Waals surface area contributed by atoms with E-state index in [1.165, 1.54) is 13.1 Å². The van der Waals surface area contributed by atoms with Crippen LogP contribution in [0.4, 0.5) is 4.79 Å². The topological polar surface area (TPSA) is 419 Å². The highest BCUT2D eigenvalue weighted by atomic mass is 32.1. The maximum absolute atomic E-state index is 10.3. The van der Waals surface area contributed by atoms with Gasteiger partial charge in [-0.2, -0.15) is 18.8 Å². The fraction of sp³-hybridized carbons (Fsp3) is 0.387. The fourth-order valence-corrected chi connectivity index (χ4v) is 4.33. The Morgan fingerprint density at radius 3 is 1.69 bits per heavy atom. The number of nitrogens with zero attached hydrogens (tertiary/aromatic N) is 9. The number of imide groups is 1. The Bertz CT molecular complexity index is 2520. The number of oxazole rings is 1. The lowest BCUT2D eigenvalue weighted by atomic mass is 10.3. The summed E-state index contributed by atoms with van der Waals surface area (Å²) in [6, 6.07) is 0. The van der Waals surface area contributed by atoms with Gasteiger partial charge in [-0.05, 0) is 78.1 Å². The van der Waals surface area contributed by atoms with Crippen LogP contribution in [0.15, 0.2) is 65.7 Å². The van der Waals surface area contributed by atoms with Crippen LogP contribution >= 0.6 is 47.7 Å². The molecule has 29 nitrogen and oxygen atoms in total. The third-order valence-electron chi connectivity index (χ3n) is 5.88. The lowest BCUT2D eigenvalue weighted by molar-refractivity contribution is -0.138. The molecule has 0 aliphatic carbocycles. The molecule has 2 atom stereocenters. The number of aryl methyl sites for hydroxylation is 6. The van der Waals surface area contributed by atoms with Crippen LogP contribution in [0.3, 0.4) is 0 Å². The van der Waals surface area contributed by atoms with E-state index < -0.39 is 30.0 Å². The van der Waals surface area contributed by atoms with Gasteiger partial charge in [-0.25, -0.2) is 29.6 Å². The molecule has 3 aliphatic heterocycles. The van der Waals surface area contributed by atoms with Gasteiger partial charge in [-0.3, -0.25) is 38.6 Å². The average Bonchev–Trinajstić information content (AvgIpc) is 4.11. The van der Waals surface area contributed by atoms with Crippen molar-refractivity contribution in [3.63, 3.8) is 0 Å². The number of hydrogen-bond acceptors (Lipinski definition) is 27. The molecule has 33 heteroatoms. The smallest absolute Gasteiger partial charge is 0.438 e. The van der Waals surface area contributed by atoms with Gasteiger partial charge in [0, 0.05) is 37.1 Å². The summed E-state index contributed by atoms with van der Waals surface area (Å²) in [5, 5.41) is 41.5. The predicted molar refractivity (Wildman–Crippen MR) is 226 cm³/mol. The first-order valence-corrected chi connectivity index (χ1v) is 19.6. The van der Waals surface area contributed by atoms with Gasteiger partial charge in [0.2, 0.25) is 5.89 Å². The van der Waals surface area contributed by atoms with Crippen molar-refractivity contribution >= 4 is 71.4 Å². The van der Waals surface area contributed by atoms with E-state index in [1.807, 2.05) is 12.2 Å². The number of alkyl carbamates (subject to hydrolysis) is 1. The molecule has 0 saturated carbocycles. The van der Waals surface area contributed by atoms with Gasteiger partial charge in [0.1, 0.15) is 41.7 Å². The lowest BCUT2D eigenvalue weighted by Gasteiger charge is -1.99. The second kappa shape index (κ2) is 29.0. The summed E-state index contributed by atoms with van der Waals surface area (Å²) in [6.45, 7) is 16.0. The molecule has 2 amide bonds. The Labute approximate surface area is 376 Å². The van der Waals surface area contributed by atoms with Crippen LogP contribution in [0, 0.1) is 51.2 Å². The minimum absolute atomic E-state index is 0.00926. The van der Waals surface area contributed by atoms with Crippen LogP contribution in [0.1, 0.15) is 55.7 Å². The highest BCUT2D eigenvalue weighted by molar-refractivity contribution is 7.71. The fourth-order valence-electron chi connectivity index (χ4n) is 3.04. The Hall–Kier alpha value is -7.39. The van der Waals surface area contributed by atoms with Gasteiger partial charge in [-0.15, -0.1) is 10.2 Å². The highest BCUT2D eigenvalue weighted by Crippen LogP contribution is 2.10. The maximum atomic E-state index is 10.3. The maximum Gasteiger partial charge on any atom is 0.438 e. The zero-order valence-corrected chi connectivity index (χ0v) is 38.2. The minimum Gasteiger partial charge on any atom is -0.508 e. The molecule has 8 N–H and O–H groups in total. The molecule has 0 aromatic carbocycles. The van der Waals surface area contributed by atoms with Gasteiger partial charge in [0.25, 0.3) is 16.3 Å². The quantitative estimate of drug-likeness (QED) is 0.0796. The number of amides is 2. The van der Waals surface area contributed by atoms with E-state index in [4.69, 9.17) is 14.6 Å². The Morgan fingerprint density at radius 1 is 0.844 bits per heavy atom. The second-order valence-electron chi connectivity index (χ2n) is 11.5. The first-order valence-electron chi connectivity index (χ1n) is 17.3. The summed E-state index contributed by atoms with van der Waals surface area (Å²) in [4.78, 5) is 73.8. The van der Waals surface area contributed by atoms with E-state index in [0.717, 1.165) is 35.0 Å². The number of aliphatic hydroxyl groups excluding tert-OH is 1. The Balaban J connectivity index is 0.000000360. The van der Waals surface area contributed by atoms with Gasteiger partial charge in [0.15, 0.2) is 18.1 Å². The number of hydrogen-bond donors (Lipinski definition) is 8. The molecule has 9 rings (SSSR count). The van der Waals surface area contributed by atoms with Crippen molar-refractivity contribution in [2.24, 2.45) is 15.4 Å². The highest BCUT2D eigenvalue weighted by Gasteiger charge is 2.27. The van der Waals surface area contributed by atoms with Gasteiger partial charge in [-0.1, -0.05) is 5.16 Å². The first-order chi connectivity index (χ1) is 30.0. The zero-order chi connectivity index (χ0) is 48.4. The predicted octanol–water partition coefficient (Wildman–Crippen LogP) is 3.56. The summed E-state index contributed by atoms with van der Waals surface area (Å²) in [5.74, 6) is 1.52. The van der Waals surface area contributed by atoms with Crippen molar-refractivity contribution in [3.8, 4) is 5.95 Å². The molecule has 6 aromatic heterocycles. The van der Waals surface area contributed by atoms with Gasteiger partial charge < -0.3 is 33.0 Å². The number of H-pyrrole nitrogens is 5. The third-order valence-corrected chi connectivity index (χ3v) is 7.50. The number of esters is 1. The van der Waals surface area contributed by atoms with Crippen LogP contribution < -0.4 is 21.5 Å².